The lowest BCUT2D eigenvalue weighted by atomic mass is 10.1. The molecule has 1 aromatic rings. The average Bonchev–Trinajstić information content (AvgIpc) is 2.37. The molecule has 0 spiro atoms. The van der Waals surface area contributed by atoms with Crippen LogP contribution in [0.2, 0.25) is 0 Å². The van der Waals surface area contributed by atoms with Gasteiger partial charge in [-0.2, -0.15) is 5.26 Å². The molecule has 0 saturated heterocycles. The Morgan fingerprint density at radius 3 is 2.74 bits per heavy atom. The minimum atomic E-state index is -2.83. The third-order valence-electron chi connectivity index (χ3n) is 2.24. The van der Waals surface area contributed by atoms with Crippen molar-refractivity contribution in [2.45, 2.75) is 19.8 Å². The first-order valence-electron chi connectivity index (χ1n) is 5.45. The van der Waals surface area contributed by atoms with Crippen LogP contribution in [0.15, 0.2) is 6.07 Å². The average molecular weight is 270 g/mol. The van der Waals surface area contributed by atoms with Gasteiger partial charge < -0.3 is 9.47 Å². The molecule has 0 aliphatic carbocycles. The number of hydrogen-bond donors (Lipinski definition) is 0. The number of nitrogens with zero attached hydrogens (tertiary/aromatic N) is 2. The van der Waals surface area contributed by atoms with Crippen LogP contribution in [0.1, 0.15) is 30.3 Å². The second-order valence-electron chi connectivity index (χ2n) is 3.48. The summed E-state index contributed by atoms with van der Waals surface area (Å²) in [7, 11) is 1.27. The van der Waals surface area contributed by atoms with E-state index < -0.39 is 18.1 Å². The summed E-state index contributed by atoms with van der Waals surface area (Å²) in [6.45, 7) is 1.81. The maximum Gasteiger partial charge on any atom is 0.310 e. The Balaban J connectivity index is 3.23. The van der Waals surface area contributed by atoms with Gasteiger partial charge in [-0.15, -0.1) is 0 Å². The van der Waals surface area contributed by atoms with E-state index in [0.29, 0.717) is 0 Å². The van der Waals surface area contributed by atoms with E-state index in [1.807, 2.05) is 0 Å². The summed E-state index contributed by atoms with van der Waals surface area (Å²) in [4.78, 5) is 14.9. The number of methoxy groups -OCH3 is 1. The molecule has 0 saturated carbocycles. The number of alkyl halides is 2. The quantitative estimate of drug-likeness (QED) is 0.765. The molecule has 102 valence electrons. The van der Waals surface area contributed by atoms with Crippen molar-refractivity contribution in [2.24, 2.45) is 0 Å². The number of nitriles is 1. The maximum atomic E-state index is 12.7. The molecule has 0 aliphatic rings. The van der Waals surface area contributed by atoms with E-state index in [4.69, 9.17) is 14.7 Å². The van der Waals surface area contributed by atoms with Gasteiger partial charge in [-0.3, -0.25) is 4.79 Å². The number of carbonyl (C=O) groups excluding carboxylic acids is 1. The minimum absolute atomic E-state index is 0.0138. The van der Waals surface area contributed by atoms with E-state index in [0.717, 1.165) is 6.07 Å². The highest BCUT2D eigenvalue weighted by atomic mass is 19.3. The molecule has 1 aromatic heterocycles. The van der Waals surface area contributed by atoms with Crippen LogP contribution in [0.5, 0.6) is 5.75 Å². The highest BCUT2D eigenvalue weighted by molar-refractivity contribution is 5.74. The number of rotatable bonds is 5. The van der Waals surface area contributed by atoms with Gasteiger partial charge in [-0.25, -0.2) is 13.8 Å². The van der Waals surface area contributed by atoms with Crippen molar-refractivity contribution in [3.05, 3.63) is 23.0 Å². The van der Waals surface area contributed by atoms with E-state index in [2.05, 4.69) is 4.98 Å². The fourth-order valence-corrected chi connectivity index (χ4v) is 1.52. The Morgan fingerprint density at radius 1 is 1.58 bits per heavy atom. The Hall–Kier alpha value is -2.23. The van der Waals surface area contributed by atoms with Crippen LogP contribution in [0.4, 0.5) is 8.78 Å². The highest BCUT2D eigenvalue weighted by Gasteiger charge is 2.20. The molecule has 0 aromatic carbocycles. The summed E-state index contributed by atoms with van der Waals surface area (Å²) in [5, 5.41) is 8.86. The number of halogens is 2. The number of ether oxygens (including phenoxy) is 2. The molecule has 5 nitrogen and oxygen atoms in total. The van der Waals surface area contributed by atoms with Crippen LogP contribution < -0.4 is 4.74 Å². The monoisotopic (exact) mass is 270 g/mol. The predicted molar refractivity (Wildman–Crippen MR) is 60.8 cm³/mol. The lowest BCUT2D eigenvalue weighted by Crippen LogP contribution is -2.10. The molecule has 7 heteroatoms. The van der Waals surface area contributed by atoms with Crippen molar-refractivity contribution in [2.75, 3.05) is 13.7 Å². The predicted octanol–water partition coefficient (Wildman–Crippen LogP) is 2.01. The van der Waals surface area contributed by atoms with Gasteiger partial charge in [0.1, 0.15) is 11.8 Å². The molecule has 0 amide bonds. The lowest BCUT2D eigenvalue weighted by Gasteiger charge is -2.11. The van der Waals surface area contributed by atoms with Gasteiger partial charge in [0.05, 0.1) is 20.1 Å². The molecule has 0 unspecified atom stereocenters. The summed E-state index contributed by atoms with van der Waals surface area (Å²) < 4.78 is 35.0. The Kier molecular flexibility index (Phi) is 5.18. The SMILES string of the molecule is CCOC(=O)Cc1cc(C(F)F)nc(C#N)c1OC. The van der Waals surface area contributed by atoms with E-state index in [9.17, 15) is 13.6 Å². The zero-order valence-electron chi connectivity index (χ0n) is 10.4. The van der Waals surface area contributed by atoms with Crippen LogP contribution >= 0.6 is 0 Å². The van der Waals surface area contributed by atoms with Crippen LogP contribution in [-0.2, 0) is 16.0 Å². The number of pyridine rings is 1. The minimum Gasteiger partial charge on any atom is -0.493 e. The van der Waals surface area contributed by atoms with Crippen molar-refractivity contribution < 1.29 is 23.0 Å². The van der Waals surface area contributed by atoms with Crippen LogP contribution in [-0.4, -0.2) is 24.7 Å². The first-order valence-corrected chi connectivity index (χ1v) is 5.45. The first kappa shape index (κ1) is 14.8. The fourth-order valence-electron chi connectivity index (χ4n) is 1.52. The van der Waals surface area contributed by atoms with Crippen LogP contribution in [0.25, 0.3) is 0 Å². The molecule has 0 bridgehead atoms. The van der Waals surface area contributed by atoms with E-state index in [1.54, 1.807) is 13.0 Å². The standard InChI is InChI=1S/C12H12F2N2O3/c1-3-19-10(17)5-7-4-8(12(13)14)16-9(6-15)11(7)18-2/h4,12H,3,5H2,1-2H3. The molecular weight excluding hydrogens is 258 g/mol. The normalized spacial score (nSPS) is 10.1. The highest BCUT2D eigenvalue weighted by Crippen LogP contribution is 2.27. The number of carbonyl (C=O) groups is 1. The maximum absolute atomic E-state index is 12.7. The smallest absolute Gasteiger partial charge is 0.310 e. The Bertz CT molecular complexity index is 512. The van der Waals surface area contributed by atoms with Crippen molar-refractivity contribution >= 4 is 5.97 Å². The van der Waals surface area contributed by atoms with Crippen molar-refractivity contribution in [3.63, 3.8) is 0 Å². The van der Waals surface area contributed by atoms with Gasteiger partial charge >= 0.3 is 5.97 Å². The molecular formula is C12H12F2N2O3. The second-order valence-corrected chi connectivity index (χ2v) is 3.48. The summed E-state index contributed by atoms with van der Waals surface area (Å²) in [5.74, 6) is -0.573. The van der Waals surface area contributed by atoms with Gasteiger partial charge in [0, 0.05) is 5.56 Å². The fraction of sp³-hybridized carbons (Fsp3) is 0.417. The lowest BCUT2D eigenvalue weighted by molar-refractivity contribution is -0.142. The number of aromatic nitrogens is 1. The van der Waals surface area contributed by atoms with E-state index in [1.165, 1.54) is 7.11 Å². The number of hydrogen-bond acceptors (Lipinski definition) is 5. The molecule has 19 heavy (non-hydrogen) atoms. The van der Waals surface area contributed by atoms with Crippen LogP contribution in [0, 0.1) is 11.3 Å². The largest absolute Gasteiger partial charge is 0.493 e. The molecule has 1 rings (SSSR count). The topological polar surface area (TPSA) is 72.2 Å². The third kappa shape index (κ3) is 3.61. The summed E-state index contributed by atoms with van der Waals surface area (Å²) in [6.07, 6.45) is -3.09. The summed E-state index contributed by atoms with van der Waals surface area (Å²) in [5.41, 5.74) is -0.695. The molecule has 0 fully saturated rings. The molecule has 1 heterocycles. The molecule has 0 radical (unpaired) electrons. The van der Waals surface area contributed by atoms with Gasteiger partial charge in [0.25, 0.3) is 6.43 Å². The van der Waals surface area contributed by atoms with Crippen molar-refractivity contribution in [1.82, 2.24) is 4.98 Å². The zero-order valence-corrected chi connectivity index (χ0v) is 10.4. The van der Waals surface area contributed by atoms with Gasteiger partial charge in [-0.1, -0.05) is 0 Å². The van der Waals surface area contributed by atoms with Gasteiger partial charge in [-0.05, 0) is 13.0 Å². The molecule has 0 atom stereocenters. The van der Waals surface area contributed by atoms with Gasteiger partial charge in [0.15, 0.2) is 11.4 Å². The molecule has 0 N–H and O–H groups in total. The van der Waals surface area contributed by atoms with Crippen LogP contribution in [0.3, 0.4) is 0 Å². The molecule has 0 aliphatic heterocycles. The first-order chi connectivity index (χ1) is 9.03. The van der Waals surface area contributed by atoms with Crippen molar-refractivity contribution in [3.8, 4) is 11.8 Å². The van der Waals surface area contributed by atoms with Crippen molar-refractivity contribution in [1.29, 1.82) is 5.26 Å². The third-order valence-corrected chi connectivity index (χ3v) is 2.24. The number of esters is 1. The van der Waals surface area contributed by atoms with Gasteiger partial charge in [0.2, 0.25) is 0 Å². The second kappa shape index (κ2) is 6.64. The van der Waals surface area contributed by atoms with E-state index >= 15 is 0 Å². The summed E-state index contributed by atoms with van der Waals surface area (Å²) >= 11 is 0. The Labute approximate surface area is 108 Å². The van der Waals surface area contributed by atoms with E-state index in [-0.39, 0.29) is 30.0 Å². The Morgan fingerprint density at radius 2 is 2.26 bits per heavy atom. The summed E-state index contributed by atoms with van der Waals surface area (Å²) in [6, 6.07) is 2.71. The zero-order chi connectivity index (χ0) is 14.4.